The normalized spacial score (nSPS) is 9.09. The van der Waals surface area contributed by atoms with E-state index in [0.717, 1.165) is 23.0 Å². The Morgan fingerprint density at radius 1 is 1.09 bits per heavy atom. The molecule has 0 bridgehead atoms. The zero-order chi connectivity index (χ0) is 17.5. The molecule has 1 aromatic heterocycles. The van der Waals surface area contributed by atoms with Crippen molar-refractivity contribution in [1.29, 1.82) is 0 Å². The van der Waals surface area contributed by atoms with Gasteiger partial charge in [0.15, 0.2) is 0 Å². The van der Waals surface area contributed by atoms with Gasteiger partial charge in [-0.1, -0.05) is 38.1 Å². The summed E-state index contributed by atoms with van der Waals surface area (Å²) in [6.07, 6.45) is 4.58. The molecule has 2 rings (SSSR count). The van der Waals surface area contributed by atoms with Crippen LogP contribution in [0.15, 0.2) is 42.7 Å². The second kappa shape index (κ2) is 13.6. The molecule has 0 aliphatic heterocycles. The van der Waals surface area contributed by atoms with Crippen LogP contribution in [0, 0.1) is 6.92 Å². The van der Waals surface area contributed by atoms with Gasteiger partial charge >= 0.3 is 0 Å². The number of carbonyl (C=O) groups excluding carboxylic acids is 1. The lowest BCUT2D eigenvalue weighted by molar-refractivity contribution is -0.107. The first-order valence-corrected chi connectivity index (χ1v) is 7.76. The largest absolute Gasteiger partial charge is 0.388 e. The van der Waals surface area contributed by atoms with E-state index in [1.54, 1.807) is 14.2 Å². The highest BCUT2D eigenvalue weighted by Gasteiger charge is 1.99. The summed E-state index contributed by atoms with van der Waals surface area (Å²) in [5.41, 5.74) is 4.61. The Labute approximate surface area is 139 Å². The van der Waals surface area contributed by atoms with Gasteiger partial charge in [-0.25, -0.2) is 0 Å². The number of hydrogen-bond donors (Lipinski definition) is 1. The van der Waals surface area contributed by atoms with Crippen LogP contribution in [0.4, 0.5) is 0 Å². The van der Waals surface area contributed by atoms with Crippen molar-refractivity contribution in [3.63, 3.8) is 0 Å². The lowest BCUT2D eigenvalue weighted by Gasteiger charge is -2.05. The van der Waals surface area contributed by atoms with Crippen LogP contribution in [0.3, 0.4) is 0 Å². The van der Waals surface area contributed by atoms with E-state index in [0.29, 0.717) is 13.1 Å². The van der Waals surface area contributed by atoms with Crippen molar-refractivity contribution in [3.8, 4) is 11.1 Å². The Morgan fingerprint density at radius 2 is 1.70 bits per heavy atom. The molecule has 0 saturated heterocycles. The summed E-state index contributed by atoms with van der Waals surface area (Å²) in [6.45, 7) is 7.14. The number of carbonyl (C=O) groups is 1. The average molecular weight is 316 g/mol. The minimum Gasteiger partial charge on any atom is -0.388 e. The molecular weight excluding hydrogens is 288 g/mol. The highest BCUT2D eigenvalue weighted by molar-refractivity contribution is 5.63. The van der Waals surface area contributed by atoms with Gasteiger partial charge in [0, 0.05) is 38.7 Å². The zero-order valence-electron chi connectivity index (χ0n) is 14.8. The lowest BCUT2D eigenvalue weighted by Crippen LogP contribution is -2.15. The Kier molecular flexibility index (Phi) is 12.4. The van der Waals surface area contributed by atoms with Crippen LogP contribution in [0.1, 0.15) is 25.0 Å². The Bertz CT molecular complexity index is 539. The quantitative estimate of drug-likeness (QED) is 0.676. The first-order chi connectivity index (χ1) is 11.2. The molecule has 0 aliphatic rings. The van der Waals surface area contributed by atoms with Crippen LogP contribution in [-0.2, 0) is 16.1 Å². The molecule has 23 heavy (non-hydrogen) atoms. The maximum Gasteiger partial charge on any atom is 0.133 e. The molecule has 126 valence electrons. The molecule has 1 N–H and O–H groups in total. The van der Waals surface area contributed by atoms with Crippen molar-refractivity contribution in [2.24, 2.45) is 0 Å². The summed E-state index contributed by atoms with van der Waals surface area (Å²) in [6, 6.07) is 10.4. The average Bonchev–Trinajstić information content (AvgIpc) is 2.58. The Hall–Kier alpha value is -2.04. The minimum absolute atomic E-state index is 0.392. The zero-order valence-corrected chi connectivity index (χ0v) is 14.8. The third-order valence-electron chi connectivity index (χ3n) is 2.72. The molecule has 0 amide bonds. The first kappa shape index (κ1) is 21.0. The molecule has 0 saturated carbocycles. The lowest BCUT2D eigenvalue weighted by atomic mass is 10.0. The van der Waals surface area contributed by atoms with Gasteiger partial charge < -0.3 is 14.8 Å². The van der Waals surface area contributed by atoms with Gasteiger partial charge in [-0.15, -0.1) is 0 Å². The standard InChI is InChI=1S/C15H16N2O.C2H6O.C2H6/c1-12-8-15(11-17-9-12)14-4-2-13(3-5-14)10-16-6-7-18;1-3-2;1-2/h2-5,7-9,11,16H,6,10H2,1H3;1-2H3;1-2H3. The fraction of sp³-hybridized carbons (Fsp3) is 0.368. The van der Waals surface area contributed by atoms with E-state index in [9.17, 15) is 4.79 Å². The molecule has 0 radical (unpaired) electrons. The summed E-state index contributed by atoms with van der Waals surface area (Å²) in [5.74, 6) is 0. The molecule has 1 heterocycles. The number of aldehydes is 1. The van der Waals surface area contributed by atoms with Gasteiger partial charge in [0.25, 0.3) is 0 Å². The molecule has 0 spiro atoms. The highest BCUT2D eigenvalue weighted by Crippen LogP contribution is 2.19. The summed E-state index contributed by atoms with van der Waals surface area (Å²) in [4.78, 5) is 14.4. The van der Waals surface area contributed by atoms with Gasteiger partial charge in [0.2, 0.25) is 0 Å². The number of aryl methyl sites for hydroxylation is 1. The van der Waals surface area contributed by atoms with Crippen LogP contribution in [-0.4, -0.2) is 32.0 Å². The number of nitrogens with one attached hydrogen (secondary N) is 1. The van der Waals surface area contributed by atoms with E-state index in [2.05, 4.69) is 45.4 Å². The van der Waals surface area contributed by atoms with Crippen LogP contribution in [0.2, 0.25) is 0 Å². The van der Waals surface area contributed by atoms with Crippen molar-refractivity contribution in [1.82, 2.24) is 10.3 Å². The van der Waals surface area contributed by atoms with Gasteiger partial charge in [-0.05, 0) is 29.7 Å². The second-order valence-corrected chi connectivity index (χ2v) is 4.65. The van der Waals surface area contributed by atoms with Gasteiger partial charge in [-0.2, -0.15) is 0 Å². The molecule has 1 aromatic carbocycles. The highest BCUT2D eigenvalue weighted by atomic mass is 16.4. The number of rotatable bonds is 5. The van der Waals surface area contributed by atoms with E-state index < -0.39 is 0 Å². The molecule has 4 heteroatoms. The minimum atomic E-state index is 0.392. The van der Waals surface area contributed by atoms with Gasteiger partial charge in [0.1, 0.15) is 6.29 Å². The SMILES string of the molecule is CC.COC.Cc1cncc(-c2ccc(CNCC=O)cc2)c1. The number of benzene rings is 1. The fourth-order valence-corrected chi connectivity index (χ4v) is 1.80. The van der Waals surface area contributed by atoms with E-state index >= 15 is 0 Å². The maximum absolute atomic E-state index is 10.2. The number of nitrogens with zero attached hydrogens (tertiary/aromatic N) is 1. The Balaban J connectivity index is 0.000000868. The topological polar surface area (TPSA) is 51.2 Å². The number of ether oxygens (including phenoxy) is 1. The third kappa shape index (κ3) is 8.86. The van der Waals surface area contributed by atoms with Crippen LogP contribution >= 0.6 is 0 Å². The third-order valence-corrected chi connectivity index (χ3v) is 2.72. The summed E-state index contributed by atoms with van der Waals surface area (Å²) >= 11 is 0. The fourth-order valence-electron chi connectivity index (χ4n) is 1.80. The maximum atomic E-state index is 10.2. The summed E-state index contributed by atoms with van der Waals surface area (Å²) in [5, 5.41) is 3.04. The predicted octanol–water partition coefficient (Wildman–Crippen LogP) is 3.63. The second-order valence-electron chi connectivity index (χ2n) is 4.65. The van der Waals surface area contributed by atoms with Crippen molar-refractivity contribution < 1.29 is 9.53 Å². The first-order valence-electron chi connectivity index (χ1n) is 7.76. The monoisotopic (exact) mass is 316 g/mol. The van der Waals surface area contributed by atoms with E-state index in [-0.39, 0.29) is 0 Å². The van der Waals surface area contributed by atoms with E-state index in [4.69, 9.17) is 0 Å². The number of aromatic nitrogens is 1. The van der Waals surface area contributed by atoms with Crippen molar-refractivity contribution >= 4 is 6.29 Å². The molecule has 2 aromatic rings. The molecule has 4 nitrogen and oxygen atoms in total. The van der Waals surface area contributed by atoms with Crippen molar-refractivity contribution in [2.75, 3.05) is 20.8 Å². The Morgan fingerprint density at radius 3 is 2.22 bits per heavy atom. The number of hydrogen-bond acceptors (Lipinski definition) is 4. The number of methoxy groups -OCH3 is 1. The van der Waals surface area contributed by atoms with Gasteiger partial charge in [-0.3, -0.25) is 4.98 Å². The van der Waals surface area contributed by atoms with Gasteiger partial charge in [0.05, 0.1) is 6.54 Å². The summed E-state index contributed by atoms with van der Waals surface area (Å²) < 4.78 is 4.25. The molecule has 0 unspecified atom stereocenters. The van der Waals surface area contributed by atoms with Crippen molar-refractivity contribution in [3.05, 3.63) is 53.9 Å². The molecule has 0 fully saturated rings. The predicted molar refractivity (Wildman–Crippen MR) is 96.5 cm³/mol. The molecule has 0 aliphatic carbocycles. The van der Waals surface area contributed by atoms with Crippen molar-refractivity contribution in [2.45, 2.75) is 27.3 Å². The summed E-state index contributed by atoms with van der Waals surface area (Å²) in [7, 11) is 3.25. The van der Waals surface area contributed by atoms with E-state index in [1.165, 1.54) is 5.56 Å². The van der Waals surface area contributed by atoms with Crippen LogP contribution < -0.4 is 5.32 Å². The van der Waals surface area contributed by atoms with Crippen LogP contribution in [0.25, 0.3) is 11.1 Å². The van der Waals surface area contributed by atoms with Crippen LogP contribution in [0.5, 0.6) is 0 Å². The number of pyridine rings is 1. The van der Waals surface area contributed by atoms with E-state index in [1.807, 2.05) is 33.2 Å². The smallest absolute Gasteiger partial charge is 0.133 e. The molecule has 0 atom stereocenters. The molecular formula is C19H28N2O2.